The van der Waals surface area contributed by atoms with Crippen LogP contribution in [0.2, 0.25) is 0 Å². The van der Waals surface area contributed by atoms with Crippen molar-refractivity contribution >= 4 is 46.7 Å². The van der Waals surface area contributed by atoms with Crippen molar-refractivity contribution < 1.29 is 70.1 Å². The van der Waals surface area contributed by atoms with Crippen molar-refractivity contribution in [3.05, 3.63) is 33.6 Å². The number of halogens is 2. The minimum absolute atomic E-state index is 0.104. The monoisotopic (exact) mass is 584 g/mol. The number of nitrogens with zero attached hydrogens (tertiary/aromatic N) is 1. The highest BCUT2D eigenvalue weighted by Gasteiger charge is 2.46. The fraction of sp³-hybridized carbons (Fsp3) is 0.429. The molecular formula is C14H17F2N2O13P3S. The van der Waals surface area contributed by atoms with Crippen LogP contribution in [0.3, 0.4) is 0 Å². The number of H-pyrrole nitrogens is 1. The van der Waals surface area contributed by atoms with Crippen LogP contribution in [0, 0.1) is 23.2 Å². The number of aliphatic hydroxyl groups excluding tert-OH is 2. The second-order valence-electron chi connectivity index (χ2n) is 7.10. The van der Waals surface area contributed by atoms with Crippen molar-refractivity contribution in [1.29, 1.82) is 0 Å². The summed E-state index contributed by atoms with van der Waals surface area (Å²) in [6, 6.07) is 1.03. The summed E-state index contributed by atoms with van der Waals surface area (Å²) in [6.45, 7) is 0.164. The van der Waals surface area contributed by atoms with Crippen molar-refractivity contribution in [2.75, 3.05) is 6.61 Å². The molecule has 3 heterocycles. The Labute approximate surface area is 198 Å². The van der Waals surface area contributed by atoms with Gasteiger partial charge in [-0.2, -0.15) is 8.62 Å². The Kier molecular flexibility index (Phi) is 8.15. The number of ether oxygens (including phenoxy) is 1. The molecule has 1 fully saturated rings. The maximum Gasteiger partial charge on any atom is 0.490 e. The number of aromatic nitrogens is 2. The Bertz CT molecular complexity index is 1350. The Morgan fingerprint density at radius 3 is 2.31 bits per heavy atom. The molecule has 0 bridgehead atoms. The molecule has 0 radical (unpaired) electrons. The lowest BCUT2D eigenvalue weighted by Gasteiger charge is -2.19. The molecule has 15 nitrogen and oxygen atoms in total. The minimum atomic E-state index is -5.77. The number of pyridine rings is 2. The molecule has 7 N–H and O–H groups in total. The van der Waals surface area contributed by atoms with Crippen LogP contribution in [0.1, 0.15) is 17.4 Å². The van der Waals surface area contributed by atoms with Gasteiger partial charge in [0.15, 0.2) is 11.6 Å². The van der Waals surface area contributed by atoms with Gasteiger partial charge in [0.25, 0.3) is 0 Å². The van der Waals surface area contributed by atoms with E-state index < -0.39 is 66.1 Å². The van der Waals surface area contributed by atoms with Crippen LogP contribution in [0.4, 0.5) is 8.78 Å². The Morgan fingerprint density at radius 2 is 1.71 bits per heavy atom. The largest absolute Gasteiger partial charge is 0.490 e. The van der Waals surface area contributed by atoms with Gasteiger partial charge in [0.2, 0.25) is 0 Å². The predicted octanol–water partition coefficient (Wildman–Crippen LogP) is 1.38. The highest BCUT2D eigenvalue weighted by atomic mass is 32.1. The number of aliphatic hydroxyl groups is 2. The van der Waals surface area contributed by atoms with E-state index >= 15 is 0 Å². The van der Waals surface area contributed by atoms with E-state index in [0.29, 0.717) is 0 Å². The molecule has 1 aliphatic rings. The molecule has 35 heavy (non-hydrogen) atoms. The Balaban J connectivity index is 1.79. The molecule has 2 aromatic heterocycles. The lowest BCUT2D eigenvalue weighted by atomic mass is 10.0. The van der Waals surface area contributed by atoms with E-state index in [1.165, 1.54) is 6.92 Å². The third kappa shape index (κ3) is 6.63. The number of phosphoric acid groups is 3. The SMILES string of the molecule is Cc1nc2[nH]c(=S)c([C@@H]3O[C@H](COP(=O)(O)OP(=O)(O)OP(=O)(O)O)[C@H](O)C3O)cc2c(F)c1F. The molecule has 2 aromatic rings. The normalized spacial score (nSPS) is 26.5. The van der Waals surface area contributed by atoms with Gasteiger partial charge in [0.1, 0.15) is 34.7 Å². The number of fused-ring (bicyclic) bond motifs is 1. The van der Waals surface area contributed by atoms with E-state index in [0.717, 1.165) is 6.07 Å². The number of aromatic amines is 1. The van der Waals surface area contributed by atoms with Crippen LogP contribution < -0.4 is 0 Å². The zero-order valence-corrected chi connectivity index (χ0v) is 20.6. The average Bonchev–Trinajstić information content (AvgIpc) is 2.96. The van der Waals surface area contributed by atoms with E-state index in [4.69, 9.17) is 31.6 Å². The molecule has 0 aromatic carbocycles. The average molecular weight is 584 g/mol. The Morgan fingerprint density at radius 1 is 1.09 bits per heavy atom. The molecular weight excluding hydrogens is 567 g/mol. The number of nitrogens with one attached hydrogen (secondary N) is 1. The van der Waals surface area contributed by atoms with Crippen LogP contribution in [-0.4, -0.2) is 64.7 Å². The lowest BCUT2D eigenvalue weighted by molar-refractivity contribution is -0.0224. The van der Waals surface area contributed by atoms with Crippen molar-refractivity contribution in [2.45, 2.75) is 31.3 Å². The highest BCUT2D eigenvalue weighted by Crippen LogP contribution is 2.66. The zero-order chi connectivity index (χ0) is 26.5. The molecule has 0 spiro atoms. The number of aryl methyl sites for hydroxylation is 1. The van der Waals surface area contributed by atoms with Gasteiger partial charge < -0.3 is 39.5 Å². The van der Waals surface area contributed by atoms with Gasteiger partial charge in [-0.25, -0.2) is 27.5 Å². The smallest absolute Gasteiger partial charge is 0.387 e. The van der Waals surface area contributed by atoms with Crippen LogP contribution >= 0.6 is 35.7 Å². The number of hydrogen-bond acceptors (Lipinski definition) is 11. The fourth-order valence-electron chi connectivity index (χ4n) is 3.11. The maximum atomic E-state index is 14.4. The summed E-state index contributed by atoms with van der Waals surface area (Å²) >= 11 is 5.14. The summed E-state index contributed by atoms with van der Waals surface area (Å²) in [5, 5.41) is 20.2. The van der Waals surface area contributed by atoms with Crippen LogP contribution in [-0.2, 0) is 31.6 Å². The molecule has 0 amide bonds. The topological polar surface area (TPSA) is 238 Å². The van der Waals surface area contributed by atoms with Gasteiger partial charge in [-0.3, -0.25) is 4.52 Å². The van der Waals surface area contributed by atoms with E-state index in [2.05, 4.69) is 23.1 Å². The first-order chi connectivity index (χ1) is 15.9. The van der Waals surface area contributed by atoms with Gasteiger partial charge in [-0.05, 0) is 13.0 Å². The number of hydrogen-bond donors (Lipinski definition) is 7. The molecule has 0 aliphatic carbocycles. The number of rotatable bonds is 8. The van der Waals surface area contributed by atoms with E-state index in [-0.39, 0.29) is 26.9 Å². The lowest BCUT2D eigenvalue weighted by Crippen LogP contribution is -2.33. The van der Waals surface area contributed by atoms with Gasteiger partial charge in [-0.15, -0.1) is 0 Å². The first-order valence-corrected chi connectivity index (χ1v) is 14.0. The quantitative estimate of drug-likeness (QED) is 0.171. The predicted molar refractivity (Wildman–Crippen MR) is 111 cm³/mol. The molecule has 3 rings (SSSR count). The maximum absolute atomic E-state index is 14.4. The van der Waals surface area contributed by atoms with E-state index in [9.17, 15) is 37.6 Å². The molecule has 196 valence electrons. The minimum Gasteiger partial charge on any atom is -0.387 e. The Hall–Kier alpha value is -1.07. The van der Waals surface area contributed by atoms with Gasteiger partial charge in [0.05, 0.1) is 17.7 Å². The van der Waals surface area contributed by atoms with Crippen LogP contribution in [0.15, 0.2) is 6.07 Å². The fourth-order valence-corrected chi connectivity index (χ4v) is 6.41. The van der Waals surface area contributed by atoms with E-state index in [1.54, 1.807) is 0 Å². The van der Waals surface area contributed by atoms with Crippen LogP contribution in [0.5, 0.6) is 0 Å². The molecule has 0 saturated carbocycles. The summed E-state index contributed by atoms with van der Waals surface area (Å²) in [6.07, 6.45) is -6.64. The molecule has 1 aliphatic heterocycles. The summed E-state index contributed by atoms with van der Waals surface area (Å²) < 4.78 is 78.9. The summed E-state index contributed by atoms with van der Waals surface area (Å²) in [5.41, 5.74) is -0.455. The molecule has 3 unspecified atom stereocenters. The molecule has 1 saturated heterocycles. The molecule has 21 heteroatoms. The standard InChI is InChI=1S/C14H17F2N2O13P3S/c1-4-8(15)9(16)5-2-6(14(35)18-13(5)17-4)12-11(20)10(19)7(29-12)3-28-33(24,25)31-34(26,27)30-32(21,22)23/h2,7,10-12,19-20H,3H2,1H3,(H,24,25)(H,26,27)(H,17,18,35)(H2,21,22,23)/t7-,10+,11?,12+/m1/s1. The third-order valence-electron chi connectivity index (χ3n) is 4.56. The van der Waals surface area contributed by atoms with Gasteiger partial charge >= 0.3 is 23.5 Å². The first-order valence-electron chi connectivity index (χ1n) is 9.09. The van der Waals surface area contributed by atoms with Gasteiger partial charge in [-0.1, -0.05) is 12.2 Å². The summed E-state index contributed by atoms with van der Waals surface area (Å²) in [5.74, 6) is -2.49. The second-order valence-corrected chi connectivity index (χ2v) is 11.9. The second kappa shape index (κ2) is 10.0. The summed E-state index contributed by atoms with van der Waals surface area (Å²) in [7, 11) is -16.9. The number of phosphoric ester groups is 1. The summed E-state index contributed by atoms with van der Waals surface area (Å²) in [4.78, 5) is 42.1. The van der Waals surface area contributed by atoms with Crippen molar-refractivity contribution in [3.63, 3.8) is 0 Å². The third-order valence-corrected chi connectivity index (χ3v) is 8.70. The van der Waals surface area contributed by atoms with Crippen molar-refractivity contribution in [3.8, 4) is 0 Å². The van der Waals surface area contributed by atoms with Crippen molar-refractivity contribution in [1.82, 2.24) is 9.97 Å². The molecule has 6 atom stereocenters. The van der Waals surface area contributed by atoms with E-state index in [1.807, 2.05) is 0 Å². The van der Waals surface area contributed by atoms with Crippen molar-refractivity contribution in [2.24, 2.45) is 0 Å². The first kappa shape index (κ1) is 28.5. The van der Waals surface area contributed by atoms with Gasteiger partial charge in [0, 0.05) is 5.56 Å². The zero-order valence-electron chi connectivity index (χ0n) is 17.1. The highest BCUT2D eigenvalue weighted by molar-refractivity contribution is 7.71. The van der Waals surface area contributed by atoms with Crippen LogP contribution in [0.25, 0.3) is 11.0 Å².